The molecule has 2 aliphatic heterocycles. The summed E-state index contributed by atoms with van der Waals surface area (Å²) in [4.78, 5) is 16.7. The maximum atomic E-state index is 12.3. The van der Waals surface area contributed by atoms with E-state index in [-0.39, 0.29) is 5.92 Å². The van der Waals surface area contributed by atoms with E-state index in [9.17, 15) is 13.2 Å². The van der Waals surface area contributed by atoms with Crippen molar-refractivity contribution in [3.8, 4) is 0 Å². The lowest BCUT2D eigenvalue weighted by atomic mass is 9.95. The van der Waals surface area contributed by atoms with Gasteiger partial charge >= 0.3 is 0 Å². The van der Waals surface area contributed by atoms with Crippen molar-refractivity contribution in [1.82, 2.24) is 14.5 Å². The molecule has 1 N–H and O–H groups in total. The first kappa shape index (κ1) is 16.7. The van der Waals surface area contributed by atoms with Crippen LogP contribution >= 0.6 is 0 Å². The second-order valence-electron chi connectivity index (χ2n) is 6.17. The standard InChI is InChI=1S/C14H27N3O3S/c1-21(19,20)15-7-4-8-16-11-5-13(6-12-16)14(18)17-9-2-3-10-17/h13,15H,2-12H2,1H3. The van der Waals surface area contributed by atoms with Gasteiger partial charge in [-0.05, 0) is 51.7 Å². The highest BCUT2D eigenvalue weighted by Gasteiger charge is 2.29. The Balaban J connectivity index is 1.62. The quantitative estimate of drug-likeness (QED) is 0.714. The summed E-state index contributed by atoms with van der Waals surface area (Å²) in [7, 11) is -3.08. The van der Waals surface area contributed by atoms with E-state index in [2.05, 4.69) is 9.62 Å². The van der Waals surface area contributed by atoms with Crippen molar-refractivity contribution in [1.29, 1.82) is 0 Å². The minimum atomic E-state index is -3.08. The fourth-order valence-corrected chi connectivity index (χ4v) is 3.67. The second-order valence-corrected chi connectivity index (χ2v) is 8.00. The number of hydrogen-bond donors (Lipinski definition) is 1. The summed E-state index contributed by atoms with van der Waals surface area (Å²) in [5.41, 5.74) is 0. The fourth-order valence-electron chi connectivity index (χ4n) is 3.16. The summed E-state index contributed by atoms with van der Waals surface area (Å²) in [5, 5.41) is 0. The van der Waals surface area contributed by atoms with Crippen LogP contribution in [-0.4, -0.2) is 69.6 Å². The molecule has 0 bridgehead atoms. The Kier molecular flexibility index (Phi) is 6.01. The van der Waals surface area contributed by atoms with Crippen molar-refractivity contribution in [2.24, 2.45) is 5.92 Å². The Morgan fingerprint density at radius 2 is 1.76 bits per heavy atom. The van der Waals surface area contributed by atoms with Gasteiger partial charge in [0, 0.05) is 25.6 Å². The molecular formula is C14H27N3O3S. The van der Waals surface area contributed by atoms with Crippen LogP contribution in [0.3, 0.4) is 0 Å². The van der Waals surface area contributed by atoms with E-state index >= 15 is 0 Å². The van der Waals surface area contributed by atoms with Crippen LogP contribution in [-0.2, 0) is 14.8 Å². The summed E-state index contributed by atoms with van der Waals surface area (Å²) in [6.45, 7) is 5.16. The Bertz CT molecular complexity index is 438. The molecule has 1 amide bonds. The highest BCUT2D eigenvalue weighted by Crippen LogP contribution is 2.22. The SMILES string of the molecule is CS(=O)(=O)NCCCN1CCC(C(=O)N2CCCC2)CC1. The summed E-state index contributed by atoms with van der Waals surface area (Å²) in [6.07, 6.45) is 6.18. The molecule has 2 aliphatic rings. The number of carbonyl (C=O) groups excluding carboxylic acids is 1. The predicted molar refractivity (Wildman–Crippen MR) is 82.4 cm³/mol. The molecular weight excluding hydrogens is 290 g/mol. The second kappa shape index (κ2) is 7.56. The average Bonchev–Trinajstić information content (AvgIpc) is 2.96. The minimum Gasteiger partial charge on any atom is -0.342 e. The van der Waals surface area contributed by atoms with Gasteiger partial charge in [-0.3, -0.25) is 4.79 Å². The van der Waals surface area contributed by atoms with Gasteiger partial charge in [0.25, 0.3) is 0 Å². The Morgan fingerprint density at radius 3 is 2.33 bits per heavy atom. The zero-order valence-electron chi connectivity index (χ0n) is 12.9. The van der Waals surface area contributed by atoms with Crippen molar-refractivity contribution in [3.05, 3.63) is 0 Å². The summed E-state index contributed by atoms with van der Waals surface area (Å²) in [5.74, 6) is 0.555. The number of piperidine rings is 1. The summed E-state index contributed by atoms with van der Waals surface area (Å²) >= 11 is 0. The van der Waals surface area contributed by atoms with Gasteiger partial charge in [-0.25, -0.2) is 13.1 Å². The molecule has 6 nitrogen and oxygen atoms in total. The zero-order valence-corrected chi connectivity index (χ0v) is 13.7. The van der Waals surface area contributed by atoms with Gasteiger partial charge in [0.05, 0.1) is 6.26 Å². The third-order valence-electron chi connectivity index (χ3n) is 4.37. The zero-order chi connectivity index (χ0) is 15.3. The molecule has 2 heterocycles. The maximum Gasteiger partial charge on any atom is 0.225 e. The molecule has 0 aromatic heterocycles. The molecule has 2 fully saturated rings. The predicted octanol–water partition coefficient (Wildman–Crippen LogP) is 0.260. The molecule has 0 unspecified atom stereocenters. The van der Waals surface area contributed by atoms with Crippen LogP contribution < -0.4 is 4.72 Å². The molecule has 0 aliphatic carbocycles. The molecule has 0 aromatic carbocycles. The number of sulfonamides is 1. The van der Waals surface area contributed by atoms with Crippen molar-refractivity contribution >= 4 is 15.9 Å². The number of likely N-dealkylation sites (tertiary alicyclic amines) is 2. The highest BCUT2D eigenvalue weighted by molar-refractivity contribution is 7.88. The minimum absolute atomic E-state index is 0.202. The van der Waals surface area contributed by atoms with Crippen LogP contribution in [0.15, 0.2) is 0 Å². The first-order valence-corrected chi connectivity index (χ1v) is 9.80. The molecule has 2 rings (SSSR count). The van der Waals surface area contributed by atoms with Crippen molar-refractivity contribution in [3.63, 3.8) is 0 Å². The van der Waals surface area contributed by atoms with Gasteiger partial charge in [0.2, 0.25) is 15.9 Å². The molecule has 122 valence electrons. The first-order chi connectivity index (χ1) is 9.96. The molecule has 0 radical (unpaired) electrons. The third-order valence-corrected chi connectivity index (χ3v) is 5.10. The van der Waals surface area contributed by atoms with Gasteiger partial charge < -0.3 is 9.80 Å². The number of amides is 1. The summed E-state index contributed by atoms with van der Waals surface area (Å²) < 4.78 is 24.4. The Labute approximate surface area is 127 Å². The van der Waals surface area contributed by atoms with Crippen LogP contribution in [0.25, 0.3) is 0 Å². The Morgan fingerprint density at radius 1 is 1.14 bits per heavy atom. The average molecular weight is 317 g/mol. The van der Waals surface area contributed by atoms with E-state index in [1.54, 1.807) is 0 Å². The largest absolute Gasteiger partial charge is 0.342 e. The first-order valence-electron chi connectivity index (χ1n) is 7.91. The number of nitrogens with one attached hydrogen (secondary N) is 1. The molecule has 2 saturated heterocycles. The normalized spacial score (nSPS) is 21.9. The topological polar surface area (TPSA) is 69.7 Å². The van der Waals surface area contributed by atoms with E-state index < -0.39 is 10.0 Å². The van der Waals surface area contributed by atoms with Crippen molar-refractivity contribution < 1.29 is 13.2 Å². The molecule has 0 saturated carbocycles. The molecule has 0 atom stereocenters. The number of nitrogens with zero attached hydrogens (tertiary/aromatic N) is 2. The van der Waals surface area contributed by atoms with Gasteiger partial charge in [-0.1, -0.05) is 0 Å². The lowest BCUT2D eigenvalue weighted by molar-refractivity contribution is -0.135. The number of hydrogen-bond acceptors (Lipinski definition) is 4. The fraction of sp³-hybridized carbons (Fsp3) is 0.929. The lowest BCUT2D eigenvalue weighted by Gasteiger charge is -2.33. The van der Waals surface area contributed by atoms with E-state index in [1.165, 1.54) is 6.26 Å². The van der Waals surface area contributed by atoms with Crippen LogP contribution in [0.2, 0.25) is 0 Å². The molecule has 0 aromatic rings. The molecule has 7 heteroatoms. The van der Waals surface area contributed by atoms with E-state index in [0.29, 0.717) is 12.5 Å². The molecule has 0 spiro atoms. The number of rotatable bonds is 6. The van der Waals surface area contributed by atoms with Gasteiger partial charge in [0.15, 0.2) is 0 Å². The highest BCUT2D eigenvalue weighted by atomic mass is 32.2. The Hall–Kier alpha value is -0.660. The van der Waals surface area contributed by atoms with Gasteiger partial charge in [-0.2, -0.15) is 0 Å². The number of carbonyl (C=O) groups is 1. The van der Waals surface area contributed by atoms with Gasteiger partial charge in [-0.15, -0.1) is 0 Å². The van der Waals surface area contributed by atoms with Crippen molar-refractivity contribution in [2.45, 2.75) is 32.1 Å². The monoisotopic (exact) mass is 317 g/mol. The van der Waals surface area contributed by atoms with E-state index in [1.807, 2.05) is 4.90 Å². The maximum absolute atomic E-state index is 12.3. The third kappa shape index (κ3) is 5.56. The van der Waals surface area contributed by atoms with E-state index in [4.69, 9.17) is 0 Å². The summed E-state index contributed by atoms with van der Waals surface area (Å²) in [6, 6.07) is 0. The van der Waals surface area contributed by atoms with Crippen LogP contribution in [0, 0.1) is 5.92 Å². The van der Waals surface area contributed by atoms with Gasteiger partial charge in [0.1, 0.15) is 0 Å². The smallest absolute Gasteiger partial charge is 0.225 e. The van der Waals surface area contributed by atoms with Crippen molar-refractivity contribution in [2.75, 3.05) is 45.5 Å². The van der Waals surface area contributed by atoms with Crippen LogP contribution in [0.4, 0.5) is 0 Å². The lowest BCUT2D eigenvalue weighted by Crippen LogP contribution is -2.42. The molecule has 21 heavy (non-hydrogen) atoms. The van der Waals surface area contributed by atoms with E-state index in [0.717, 1.165) is 64.8 Å². The van der Waals surface area contributed by atoms with Crippen LogP contribution in [0.1, 0.15) is 32.1 Å². The van der Waals surface area contributed by atoms with Crippen LogP contribution in [0.5, 0.6) is 0 Å².